The van der Waals surface area contributed by atoms with Crippen LogP contribution in [0.5, 0.6) is 11.5 Å². The fraction of sp³-hybridized carbons (Fsp3) is 0.355. The van der Waals surface area contributed by atoms with E-state index in [0.29, 0.717) is 11.1 Å². The van der Waals surface area contributed by atoms with E-state index in [0.717, 1.165) is 6.26 Å². The van der Waals surface area contributed by atoms with Gasteiger partial charge < -0.3 is 15.1 Å². The first kappa shape index (κ1) is 30.4. The second kappa shape index (κ2) is 12.1. The van der Waals surface area contributed by atoms with Crippen molar-refractivity contribution in [2.45, 2.75) is 25.8 Å². The minimum atomic E-state index is -3.50. The highest BCUT2D eigenvalue weighted by atomic mass is 32.2. The number of carbonyl (C=O) groups is 2. The van der Waals surface area contributed by atoms with Gasteiger partial charge >= 0.3 is 0 Å². The quantitative estimate of drug-likeness (QED) is 0.363. The molecule has 0 bridgehead atoms. The first-order chi connectivity index (χ1) is 19.3. The van der Waals surface area contributed by atoms with Gasteiger partial charge in [0.1, 0.15) is 17.3 Å². The highest BCUT2D eigenvalue weighted by Crippen LogP contribution is 2.43. The molecule has 4 rings (SSSR count). The topological polar surface area (TPSA) is 115 Å². The number of carbonyl (C=O) groups excluding carboxylic acids is 2. The second-order valence-electron chi connectivity index (χ2n) is 10.9. The molecule has 1 aliphatic rings. The number of phenols is 2. The molecule has 1 unspecified atom stereocenters. The van der Waals surface area contributed by atoms with Crippen molar-refractivity contribution in [1.29, 1.82) is 0 Å². The third-order valence-corrected chi connectivity index (χ3v) is 9.45. The highest BCUT2D eigenvalue weighted by Gasteiger charge is 2.46. The molecular weight excluding hydrogens is 547 g/mol. The van der Waals surface area contributed by atoms with Crippen molar-refractivity contribution >= 4 is 21.6 Å². The maximum absolute atomic E-state index is 14.9. The molecule has 3 atom stereocenters. The number of hydrogen-bond donors (Lipinski definition) is 2. The average Bonchev–Trinajstić information content (AvgIpc) is 2.92. The largest absolute Gasteiger partial charge is 0.508 e. The monoisotopic (exact) mass is 582 g/mol. The highest BCUT2D eigenvalue weighted by molar-refractivity contribution is 7.88. The minimum absolute atomic E-state index is 0.0854. The Morgan fingerprint density at radius 3 is 1.90 bits per heavy atom. The molecule has 8 nitrogen and oxygen atoms in total. The predicted molar refractivity (Wildman–Crippen MR) is 154 cm³/mol. The van der Waals surface area contributed by atoms with Gasteiger partial charge in [0.05, 0.1) is 6.26 Å². The SMILES string of the molecule is Cc1c(F)cccc1C1[C@@H](C(=O)c2cccc(O)c2)CN(CC(C)N(C)S(C)(=O)=O)C[C@@H]1C(=O)c1cccc(O)c1. The number of nitrogens with zero attached hydrogens (tertiary/aromatic N) is 2. The van der Waals surface area contributed by atoms with Crippen LogP contribution in [-0.2, 0) is 10.0 Å². The van der Waals surface area contributed by atoms with Crippen molar-refractivity contribution in [2.24, 2.45) is 11.8 Å². The third-order valence-electron chi connectivity index (χ3n) is 8.05. The molecule has 218 valence electrons. The van der Waals surface area contributed by atoms with Crippen molar-refractivity contribution in [3.8, 4) is 11.5 Å². The molecule has 0 aliphatic carbocycles. The summed E-state index contributed by atoms with van der Waals surface area (Å²) in [5, 5.41) is 20.2. The van der Waals surface area contributed by atoms with Gasteiger partial charge in [0, 0.05) is 61.6 Å². The molecule has 0 aromatic heterocycles. The van der Waals surface area contributed by atoms with Gasteiger partial charge in [0.2, 0.25) is 10.0 Å². The molecule has 3 aromatic rings. The normalized spacial score (nSPS) is 19.3. The molecule has 1 saturated heterocycles. The first-order valence-electron chi connectivity index (χ1n) is 13.3. The van der Waals surface area contributed by atoms with Gasteiger partial charge in [-0.1, -0.05) is 36.4 Å². The van der Waals surface area contributed by atoms with Crippen LogP contribution in [0, 0.1) is 24.6 Å². The molecule has 0 amide bonds. The number of rotatable bonds is 9. The Bertz CT molecular complexity index is 1490. The van der Waals surface area contributed by atoms with Crippen LogP contribution in [0.2, 0.25) is 0 Å². The van der Waals surface area contributed by atoms with E-state index in [1.807, 2.05) is 4.90 Å². The van der Waals surface area contributed by atoms with Crippen molar-refractivity contribution in [3.05, 3.63) is 94.8 Å². The Hall–Kier alpha value is -3.60. The summed E-state index contributed by atoms with van der Waals surface area (Å²) in [7, 11) is -2.02. The molecule has 1 fully saturated rings. The lowest BCUT2D eigenvalue weighted by Crippen LogP contribution is -2.53. The summed E-state index contributed by atoms with van der Waals surface area (Å²) in [6, 6.07) is 16.1. The summed E-state index contributed by atoms with van der Waals surface area (Å²) in [5.41, 5.74) is 1.36. The molecule has 1 aliphatic heterocycles. The fourth-order valence-corrected chi connectivity index (χ4v) is 6.48. The molecule has 2 N–H and O–H groups in total. The number of ketones is 2. The van der Waals surface area contributed by atoms with E-state index in [1.165, 1.54) is 41.7 Å². The number of likely N-dealkylation sites (N-methyl/N-ethyl adjacent to an activating group) is 1. The van der Waals surface area contributed by atoms with Crippen molar-refractivity contribution in [2.75, 3.05) is 32.9 Å². The van der Waals surface area contributed by atoms with Crippen molar-refractivity contribution in [1.82, 2.24) is 9.21 Å². The maximum atomic E-state index is 14.9. The molecule has 0 saturated carbocycles. The molecule has 1 heterocycles. The Labute approximate surface area is 240 Å². The number of phenolic OH excluding ortho intramolecular Hbond substituents is 2. The Morgan fingerprint density at radius 2 is 1.44 bits per heavy atom. The van der Waals surface area contributed by atoms with Gasteiger partial charge in [-0.3, -0.25) is 9.59 Å². The summed E-state index contributed by atoms with van der Waals surface area (Å²) < 4.78 is 40.6. The lowest BCUT2D eigenvalue weighted by molar-refractivity contribution is 0.0535. The standard InChI is InChI=1S/C31H35FN2O6S/c1-19(33(3)41(4,39)40)16-34-17-26(30(37)21-8-5-10-23(35)14-21)29(25-12-7-13-28(32)20(25)2)27(18-34)31(38)22-9-6-11-24(36)15-22/h5-15,19,26-27,29,35-36H,16-18H2,1-4H3/t19?,26-,27-/m0/s1. The fourth-order valence-electron chi connectivity index (χ4n) is 5.76. The third kappa shape index (κ3) is 6.66. The second-order valence-corrected chi connectivity index (χ2v) is 12.9. The van der Waals surface area contributed by atoms with Gasteiger partial charge in [0.25, 0.3) is 0 Å². The van der Waals surface area contributed by atoms with E-state index in [-0.39, 0.29) is 53.8 Å². The summed E-state index contributed by atoms with van der Waals surface area (Å²) in [6.45, 7) is 3.97. The van der Waals surface area contributed by atoms with E-state index in [1.54, 1.807) is 50.2 Å². The number of hydrogen-bond acceptors (Lipinski definition) is 7. The summed E-state index contributed by atoms with van der Waals surface area (Å²) in [4.78, 5) is 30.1. The Morgan fingerprint density at radius 1 is 0.951 bits per heavy atom. The van der Waals surface area contributed by atoms with Crippen LogP contribution in [-0.4, -0.2) is 78.4 Å². The first-order valence-corrected chi connectivity index (χ1v) is 15.2. The van der Waals surface area contributed by atoms with Gasteiger partial charge in [-0.2, -0.15) is 0 Å². The van der Waals surface area contributed by atoms with E-state index < -0.39 is 39.6 Å². The smallest absolute Gasteiger partial charge is 0.211 e. The minimum Gasteiger partial charge on any atom is -0.508 e. The number of likely N-dealkylation sites (tertiary alicyclic amines) is 1. The lowest BCUT2D eigenvalue weighted by atomic mass is 9.67. The van der Waals surface area contributed by atoms with E-state index in [4.69, 9.17) is 0 Å². The zero-order valence-electron chi connectivity index (χ0n) is 23.5. The number of piperidine rings is 1. The van der Waals surface area contributed by atoms with Crippen LogP contribution in [0.25, 0.3) is 0 Å². The average molecular weight is 583 g/mol. The summed E-state index contributed by atoms with van der Waals surface area (Å²) in [6.07, 6.45) is 1.12. The van der Waals surface area contributed by atoms with Crippen LogP contribution in [0.4, 0.5) is 4.39 Å². The molecule has 0 radical (unpaired) electrons. The van der Waals surface area contributed by atoms with Crippen LogP contribution in [0.3, 0.4) is 0 Å². The number of benzene rings is 3. The van der Waals surface area contributed by atoms with Crippen LogP contribution < -0.4 is 0 Å². The van der Waals surface area contributed by atoms with Crippen molar-refractivity contribution < 1.29 is 32.6 Å². The van der Waals surface area contributed by atoms with Gasteiger partial charge in [-0.25, -0.2) is 17.1 Å². The van der Waals surface area contributed by atoms with Crippen LogP contribution in [0.1, 0.15) is 44.7 Å². The molecule has 3 aromatic carbocycles. The molecule has 41 heavy (non-hydrogen) atoms. The van der Waals surface area contributed by atoms with Crippen molar-refractivity contribution in [3.63, 3.8) is 0 Å². The van der Waals surface area contributed by atoms with Crippen LogP contribution in [0.15, 0.2) is 66.7 Å². The molecule has 0 spiro atoms. The van der Waals surface area contributed by atoms with E-state index in [2.05, 4.69) is 0 Å². The molecular formula is C31H35FN2O6S. The van der Waals surface area contributed by atoms with Gasteiger partial charge in [-0.15, -0.1) is 0 Å². The number of halogens is 1. The predicted octanol–water partition coefficient (Wildman–Crippen LogP) is 4.22. The van der Waals surface area contributed by atoms with E-state index >= 15 is 0 Å². The zero-order chi connectivity index (χ0) is 30.1. The lowest BCUT2D eigenvalue weighted by Gasteiger charge is -2.44. The summed E-state index contributed by atoms with van der Waals surface area (Å²) in [5.74, 6) is -3.65. The van der Waals surface area contributed by atoms with Gasteiger partial charge in [-0.05, 0) is 55.3 Å². The van der Waals surface area contributed by atoms with Crippen LogP contribution >= 0.6 is 0 Å². The Balaban J connectivity index is 1.86. The number of Topliss-reactive ketones (excluding diaryl/α,β-unsaturated/α-hetero) is 2. The number of sulfonamides is 1. The maximum Gasteiger partial charge on any atom is 0.211 e. The summed E-state index contributed by atoms with van der Waals surface area (Å²) >= 11 is 0. The number of aromatic hydroxyl groups is 2. The molecule has 10 heteroatoms. The zero-order valence-corrected chi connectivity index (χ0v) is 24.3. The Kier molecular flexibility index (Phi) is 8.96. The van der Waals surface area contributed by atoms with E-state index in [9.17, 15) is 32.6 Å². The van der Waals surface area contributed by atoms with Gasteiger partial charge in [0.15, 0.2) is 11.6 Å².